The van der Waals surface area contributed by atoms with Crippen molar-refractivity contribution in [2.45, 2.75) is 65.5 Å². The van der Waals surface area contributed by atoms with Crippen molar-refractivity contribution >= 4 is 16.9 Å². The predicted octanol–water partition coefficient (Wildman–Crippen LogP) is 1.83. The lowest BCUT2D eigenvalue weighted by Gasteiger charge is -2.39. The average Bonchev–Trinajstić information content (AvgIpc) is 2.91. The molecule has 1 saturated heterocycles. The highest BCUT2D eigenvalue weighted by Crippen LogP contribution is 2.14. The second-order valence-corrected chi connectivity index (χ2v) is 7.87. The van der Waals surface area contributed by atoms with Crippen LogP contribution in [0, 0.1) is 0 Å². The van der Waals surface area contributed by atoms with Crippen LogP contribution in [0.1, 0.15) is 34.1 Å². The van der Waals surface area contributed by atoms with E-state index in [1.54, 1.807) is 9.13 Å². The van der Waals surface area contributed by atoms with Crippen LogP contribution in [0.5, 0.6) is 0 Å². The molecule has 0 radical (unpaired) electrons. The minimum absolute atomic E-state index is 0.0404. The van der Waals surface area contributed by atoms with Gasteiger partial charge in [0.25, 0.3) is 0 Å². The molecule has 0 bridgehead atoms. The van der Waals surface area contributed by atoms with Gasteiger partial charge in [-0.3, -0.25) is 18.8 Å². The molecule has 3 rings (SSSR count). The Labute approximate surface area is 166 Å². The number of nitrogens with one attached hydrogen (secondary N) is 1. The molecule has 1 aliphatic rings. The number of aromatic nitrogens is 2. The van der Waals surface area contributed by atoms with Crippen LogP contribution in [0.3, 0.4) is 0 Å². The summed E-state index contributed by atoms with van der Waals surface area (Å²) in [6.07, 6.45) is 1.27. The number of ether oxygens (including phenoxy) is 1. The summed E-state index contributed by atoms with van der Waals surface area (Å²) < 4.78 is 9.10. The van der Waals surface area contributed by atoms with Crippen LogP contribution < -0.4 is 11.0 Å². The first kappa shape index (κ1) is 20.6. The maximum absolute atomic E-state index is 12.8. The van der Waals surface area contributed by atoms with E-state index in [0.717, 1.165) is 30.5 Å². The lowest BCUT2D eigenvalue weighted by molar-refractivity contribution is -0.122. The number of benzene rings is 1. The van der Waals surface area contributed by atoms with E-state index in [-0.39, 0.29) is 36.4 Å². The number of amides is 1. The number of rotatable bonds is 7. The lowest BCUT2D eigenvalue weighted by Crippen LogP contribution is -2.52. The minimum Gasteiger partial charge on any atom is -0.373 e. The fourth-order valence-electron chi connectivity index (χ4n) is 4.03. The first-order chi connectivity index (χ1) is 13.4. The molecule has 2 aromatic rings. The molecule has 1 fully saturated rings. The summed E-state index contributed by atoms with van der Waals surface area (Å²) in [5.41, 5.74) is 1.56. The van der Waals surface area contributed by atoms with Crippen molar-refractivity contribution < 1.29 is 9.53 Å². The van der Waals surface area contributed by atoms with Gasteiger partial charge >= 0.3 is 5.69 Å². The SMILES string of the molecule is CCCn1c(=O)n(CC(=O)NCC(C)N2CC(C)OC(C)C2)c2ccccc21. The van der Waals surface area contributed by atoms with Gasteiger partial charge in [0.05, 0.1) is 23.2 Å². The Morgan fingerprint density at radius 3 is 2.39 bits per heavy atom. The Morgan fingerprint density at radius 1 is 1.18 bits per heavy atom. The van der Waals surface area contributed by atoms with Gasteiger partial charge in [0.15, 0.2) is 0 Å². The van der Waals surface area contributed by atoms with Crippen LogP contribution in [-0.2, 0) is 22.6 Å². The zero-order valence-corrected chi connectivity index (χ0v) is 17.4. The van der Waals surface area contributed by atoms with Crippen molar-refractivity contribution in [1.29, 1.82) is 0 Å². The molecule has 1 N–H and O–H groups in total. The Balaban J connectivity index is 1.65. The van der Waals surface area contributed by atoms with E-state index in [9.17, 15) is 9.59 Å². The number of carbonyl (C=O) groups is 1. The number of nitrogens with zero attached hydrogens (tertiary/aromatic N) is 3. The van der Waals surface area contributed by atoms with Crippen molar-refractivity contribution in [2.24, 2.45) is 0 Å². The molecule has 7 heteroatoms. The van der Waals surface area contributed by atoms with E-state index >= 15 is 0 Å². The molecule has 1 aromatic carbocycles. The van der Waals surface area contributed by atoms with Crippen molar-refractivity contribution in [2.75, 3.05) is 19.6 Å². The number of morpholine rings is 1. The quantitative estimate of drug-likeness (QED) is 0.786. The van der Waals surface area contributed by atoms with Gasteiger partial charge < -0.3 is 10.1 Å². The van der Waals surface area contributed by atoms with E-state index in [1.165, 1.54) is 0 Å². The molecule has 1 aromatic heterocycles. The number of carbonyl (C=O) groups excluding carboxylic acids is 1. The number of hydrogen-bond acceptors (Lipinski definition) is 4. The molecule has 0 saturated carbocycles. The highest BCUT2D eigenvalue weighted by Gasteiger charge is 2.26. The van der Waals surface area contributed by atoms with Gasteiger partial charge in [-0.1, -0.05) is 19.1 Å². The summed E-state index contributed by atoms with van der Waals surface area (Å²) >= 11 is 0. The van der Waals surface area contributed by atoms with Gasteiger partial charge in [-0.05, 0) is 39.3 Å². The van der Waals surface area contributed by atoms with Crippen molar-refractivity contribution in [1.82, 2.24) is 19.4 Å². The number of fused-ring (bicyclic) bond motifs is 1. The van der Waals surface area contributed by atoms with Crippen molar-refractivity contribution in [3.8, 4) is 0 Å². The first-order valence-corrected chi connectivity index (χ1v) is 10.2. The largest absolute Gasteiger partial charge is 0.373 e. The molecular weight excluding hydrogens is 356 g/mol. The number of hydrogen-bond donors (Lipinski definition) is 1. The summed E-state index contributed by atoms with van der Waals surface area (Å²) in [6, 6.07) is 7.87. The molecule has 154 valence electrons. The normalized spacial score (nSPS) is 21.7. The zero-order valence-electron chi connectivity index (χ0n) is 17.4. The van der Waals surface area contributed by atoms with Gasteiger partial charge in [-0.25, -0.2) is 4.79 Å². The van der Waals surface area contributed by atoms with Gasteiger partial charge in [0.1, 0.15) is 6.54 Å². The molecule has 1 amide bonds. The molecule has 0 spiro atoms. The number of imidazole rings is 1. The Kier molecular flexibility index (Phi) is 6.57. The zero-order chi connectivity index (χ0) is 20.3. The minimum atomic E-state index is -0.136. The fourth-order valence-corrected chi connectivity index (χ4v) is 4.03. The molecule has 28 heavy (non-hydrogen) atoms. The third-order valence-electron chi connectivity index (χ3n) is 5.34. The highest BCUT2D eigenvalue weighted by molar-refractivity contribution is 5.80. The molecule has 3 atom stereocenters. The predicted molar refractivity (Wildman–Crippen MR) is 111 cm³/mol. The molecular formula is C21H32N4O3. The van der Waals surface area contributed by atoms with Crippen molar-refractivity contribution in [3.05, 3.63) is 34.7 Å². The van der Waals surface area contributed by atoms with Crippen LogP contribution >= 0.6 is 0 Å². The standard InChI is InChI=1S/C21H32N4O3/c1-5-10-24-18-8-6-7-9-19(18)25(21(24)27)14-20(26)22-11-15(2)23-12-16(3)28-17(4)13-23/h6-9,15-17H,5,10-14H2,1-4H3,(H,22,26). The number of para-hydroxylation sites is 2. The second-order valence-electron chi connectivity index (χ2n) is 7.87. The molecule has 0 aliphatic carbocycles. The van der Waals surface area contributed by atoms with Crippen LogP contribution in [0.15, 0.2) is 29.1 Å². The molecule has 7 nitrogen and oxygen atoms in total. The Hall–Kier alpha value is -2.12. The molecule has 2 heterocycles. The van der Waals surface area contributed by atoms with E-state index in [0.29, 0.717) is 13.1 Å². The van der Waals surface area contributed by atoms with Crippen molar-refractivity contribution in [3.63, 3.8) is 0 Å². The van der Waals surface area contributed by atoms with Gasteiger partial charge in [0, 0.05) is 32.2 Å². The van der Waals surface area contributed by atoms with E-state index in [1.807, 2.05) is 31.2 Å². The third-order valence-corrected chi connectivity index (χ3v) is 5.34. The highest BCUT2D eigenvalue weighted by atomic mass is 16.5. The van der Waals surface area contributed by atoms with Crippen LogP contribution in [-0.4, -0.2) is 57.8 Å². The summed E-state index contributed by atoms with van der Waals surface area (Å²) in [4.78, 5) is 27.7. The summed E-state index contributed by atoms with van der Waals surface area (Å²) in [6.45, 7) is 11.3. The Morgan fingerprint density at radius 2 is 1.79 bits per heavy atom. The average molecular weight is 389 g/mol. The van der Waals surface area contributed by atoms with E-state index < -0.39 is 0 Å². The summed E-state index contributed by atoms with van der Waals surface area (Å²) in [7, 11) is 0. The first-order valence-electron chi connectivity index (χ1n) is 10.2. The number of aryl methyl sites for hydroxylation is 1. The van der Waals surface area contributed by atoms with E-state index in [4.69, 9.17) is 4.74 Å². The molecule has 1 aliphatic heterocycles. The van der Waals surface area contributed by atoms with Gasteiger partial charge in [0.2, 0.25) is 5.91 Å². The maximum Gasteiger partial charge on any atom is 0.329 e. The second kappa shape index (κ2) is 8.92. The van der Waals surface area contributed by atoms with Crippen LogP contribution in [0.2, 0.25) is 0 Å². The third kappa shape index (κ3) is 4.47. The monoisotopic (exact) mass is 388 g/mol. The Bertz CT molecular complexity index is 862. The fraction of sp³-hybridized carbons (Fsp3) is 0.619. The summed E-state index contributed by atoms with van der Waals surface area (Å²) in [5.74, 6) is -0.136. The van der Waals surface area contributed by atoms with Crippen LogP contribution in [0.4, 0.5) is 0 Å². The maximum atomic E-state index is 12.8. The summed E-state index contributed by atoms with van der Waals surface area (Å²) in [5, 5.41) is 3.00. The molecule has 3 unspecified atom stereocenters. The van der Waals surface area contributed by atoms with Gasteiger partial charge in [-0.2, -0.15) is 0 Å². The smallest absolute Gasteiger partial charge is 0.329 e. The lowest BCUT2D eigenvalue weighted by atomic mass is 10.1. The topological polar surface area (TPSA) is 68.5 Å². The van der Waals surface area contributed by atoms with Crippen LogP contribution in [0.25, 0.3) is 11.0 Å². The van der Waals surface area contributed by atoms with Gasteiger partial charge in [-0.15, -0.1) is 0 Å². The van der Waals surface area contributed by atoms with E-state index in [2.05, 4.69) is 31.0 Å².